The van der Waals surface area contributed by atoms with Crippen molar-refractivity contribution in [3.63, 3.8) is 0 Å². The fourth-order valence-corrected chi connectivity index (χ4v) is 10.4. The summed E-state index contributed by atoms with van der Waals surface area (Å²) in [7, 11) is -5.15. The molecule has 0 aliphatic heterocycles. The van der Waals surface area contributed by atoms with Gasteiger partial charge in [0.2, 0.25) is 5.44 Å². The standard InChI is InChI=1S/C53H36O5S/c54-52(58-53(59(55,56)57)38-10-2-1-3-11-38)51-46(41-28-25-36-16-5-13-33-19-8-22-44(41)49(33)36)30-39(40-27-24-35-15-4-12-32-18-7-21-43(40)48(32)35)31-47(51)42-29-26-37-17-6-14-34-20-9-23-45(42)50(34)37/h1-19,23-31,53H,20-22H2,(H,55,56,57)/p-1. The Morgan fingerprint density at radius 2 is 1.10 bits per heavy atom. The molecular formula is C53H35O5S-. The summed E-state index contributed by atoms with van der Waals surface area (Å²) in [6.45, 7) is 0. The van der Waals surface area contributed by atoms with E-state index in [1.165, 1.54) is 28.6 Å². The van der Waals surface area contributed by atoms with E-state index in [-0.39, 0.29) is 11.1 Å². The van der Waals surface area contributed by atoms with Gasteiger partial charge >= 0.3 is 5.97 Å². The first-order chi connectivity index (χ1) is 28.8. The second-order valence-electron chi connectivity index (χ2n) is 15.5. The number of hydrogen-bond donors (Lipinski definition) is 0. The van der Waals surface area contributed by atoms with Crippen LogP contribution >= 0.6 is 0 Å². The molecule has 0 radical (unpaired) electrons. The predicted molar refractivity (Wildman–Crippen MR) is 238 cm³/mol. The molecule has 0 saturated heterocycles. The molecule has 284 valence electrons. The van der Waals surface area contributed by atoms with Crippen molar-refractivity contribution in [1.82, 2.24) is 0 Å². The summed E-state index contributed by atoms with van der Waals surface area (Å²) < 4.78 is 45.0. The van der Waals surface area contributed by atoms with Crippen LogP contribution in [-0.2, 0) is 34.1 Å². The normalized spacial score (nSPS) is 14.3. The third-order valence-corrected chi connectivity index (χ3v) is 13.1. The fourth-order valence-electron chi connectivity index (χ4n) is 9.67. The molecule has 59 heavy (non-hydrogen) atoms. The minimum atomic E-state index is -5.15. The lowest BCUT2D eigenvalue weighted by Gasteiger charge is -2.26. The Labute approximate surface area is 342 Å². The minimum Gasteiger partial charge on any atom is -0.745 e. The van der Waals surface area contributed by atoms with Crippen LogP contribution in [0, 0.1) is 0 Å². The average Bonchev–Trinajstić information content (AvgIpc) is 3.26. The van der Waals surface area contributed by atoms with E-state index < -0.39 is 21.5 Å². The van der Waals surface area contributed by atoms with Gasteiger partial charge in [0.1, 0.15) is 10.1 Å². The molecule has 0 spiro atoms. The van der Waals surface area contributed by atoms with Crippen LogP contribution in [0.5, 0.6) is 0 Å². The SMILES string of the molecule is O=C(OC(c1ccccc1)S(=O)(=O)[O-])c1c(-c2ccc3cccc4c3c2C=CC4)cc(-c2ccc3cccc4c3c2CC=C4)cc1-c1ccc2cccc3c2c1CC=C3. The Bertz CT molecular complexity index is 3320. The zero-order valence-corrected chi connectivity index (χ0v) is 32.6. The largest absolute Gasteiger partial charge is 0.745 e. The summed E-state index contributed by atoms with van der Waals surface area (Å²) in [4.78, 5) is 15.3. The van der Waals surface area contributed by atoms with Crippen molar-refractivity contribution in [2.75, 3.05) is 0 Å². The Morgan fingerprint density at radius 3 is 1.76 bits per heavy atom. The summed E-state index contributed by atoms with van der Waals surface area (Å²) in [6.07, 6.45) is 15.0. The van der Waals surface area contributed by atoms with Crippen molar-refractivity contribution in [2.24, 2.45) is 0 Å². The number of carbonyl (C=O) groups excluding carboxylic acids is 1. The van der Waals surface area contributed by atoms with Gasteiger partial charge in [0.25, 0.3) is 0 Å². The lowest BCUT2D eigenvalue weighted by Crippen LogP contribution is -2.21. The molecule has 1 unspecified atom stereocenters. The van der Waals surface area contributed by atoms with Gasteiger partial charge in [-0.05, 0) is 130 Å². The zero-order chi connectivity index (χ0) is 39.8. The molecule has 1 atom stereocenters. The summed E-state index contributed by atoms with van der Waals surface area (Å²) in [5, 5.41) is 6.74. The summed E-state index contributed by atoms with van der Waals surface area (Å²) in [5.41, 5.74) is 9.67. The third kappa shape index (κ3) is 5.78. The van der Waals surface area contributed by atoms with Gasteiger partial charge in [-0.1, -0.05) is 158 Å². The third-order valence-electron chi connectivity index (χ3n) is 12.2. The highest BCUT2D eigenvalue weighted by atomic mass is 32.2. The molecule has 8 aromatic rings. The van der Waals surface area contributed by atoms with Crippen molar-refractivity contribution in [2.45, 2.75) is 24.7 Å². The second kappa shape index (κ2) is 13.6. The van der Waals surface area contributed by atoms with E-state index >= 15 is 4.79 Å². The molecule has 3 aliphatic rings. The average molecular weight is 784 g/mol. The molecule has 0 amide bonds. The van der Waals surface area contributed by atoms with Crippen molar-refractivity contribution in [3.8, 4) is 33.4 Å². The van der Waals surface area contributed by atoms with Crippen molar-refractivity contribution in [3.05, 3.63) is 196 Å². The van der Waals surface area contributed by atoms with Crippen LogP contribution in [0.4, 0.5) is 0 Å². The quantitative estimate of drug-likeness (QED) is 0.119. The number of ether oxygens (including phenoxy) is 1. The van der Waals surface area contributed by atoms with E-state index in [1.54, 1.807) is 18.2 Å². The number of esters is 1. The maximum absolute atomic E-state index is 15.3. The van der Waals surface area contributed by atoms with Crippen LogP contribution in [0.3, 0.4) is 0 Å². The van der Waals surface area contributed by atoms with Crippen molar-refractivity contribution in [1.29, 1.82) is 0 Å². The van der Waals surface area contributed by atoms with Crippen LogP contribution in [0.2, 0.25) is 0 Å². The van der Waals surface area contributed by atoms with E-state index in [4.69, 9.17) is 4.74 Å². The Morgan fingerprint density at radius 1 is 0.542 bits per heavy atom. The fraction of sp³-hybridized carbons (Fsp3) is 0.0755. The molecule has 3 aliphatic carbocycles. The smallest absolute Gasteiger partial charge is 0.340 e. The van der Waals surface area contributed by atoms with Gasteiger partial charge in [-0.15, -0.1) is 0 Å². The molecule has 0 saturated carbocycles. The summed E-state index contributed by atoms with van der Waals surface area (Å²) >= 11 is 0. The summed E-state index contributed by atoms with van der Waals surface area (Å²) in [5.74, 6) is -0.896. The molecule has 8 aromatic carbocycles. The van der Waals surface area contributed by atoms with Crippen molar-refractivity contribution < 1.29 is 22.5 Å². The molecule has 0 heterocycles. The van der Waals surface area contributed by atoms with Gasteiger partial charge in [-0.3, -0.25) is 0 Å². The van der Waals surface area contributed by atoms with Gasteiger partial charge in [0.15, 0.2) is 0 Å². The first-order valence-corrected chi connectivity index (χ1v) is 21.3. The number of rotatable bonds is 7. The lowest BCUT2D eigenvalue weighted by molar-refractivity contribution is 0.0428. The monoisotopic (exact) mass is 783 g/mol. The van der Waals surface area contributed by atoms with E-state index in [0.29, 0.717) is 17.5 Å². The molecule has 0 fully saturated rings. The number of hydrogen-bond acceptors (Lipinski definition) is 5. The molecule has 0 bridgehead atoms. The number of allylic oxidation sites excluding steroid dienone is 3. The van der Waals surface area contributed by atoms with Crippen LogP contribution in [0.25, 0.3) is 83.9 Å². The van der Waals surface area contributed by atoms with Crippen LogP contribution in [0.1, 0.15) is 54.7 Å². The predicted octanol–water partition coefficient (Wildman–Crippen LogP) is 12.3. The van der Waals surface area contributed by atoms with Crippen LogP contribution in [0.15, 0.2) is 152 Å². The Hall–Kier alpha value is -6.86. The van der Waals surface area contributed by atoms with Crippen LogP contribution in [-0.4, -0.2) is 18.9 Å². The van der Waals surface area contributed by atoms with Gasteiger partial charge in [0, 0.05) is 5.56 Å². The number of carbonyl (C=O) groups is 1. The topological polar surface area (TPSA) is 83.5 Å². The molecule has 5 nitrogen and oxygen atoms in total. The lowest BCUT2D eigenvalue weighted by atomic mass is 9.79. The maximum Gasteiger partial charge on any atom is 0.340 e. The Kier molecular flexibility index (Phi) is 8.16. The maximum atomic E-state index is 15.3. The van der Waals surface area contributed by atoms with Crippen molar-refractivity contribution >= 4 is 66.6 Å². The highest BCUT2D eigenvalue weighted by Gasteiger charge is 2.31. The molecule has 6 heteroatoms. The van der Waals surface area contributed by atoms with Gasteiger partial charge in [0.05, 0.1) is 5.56 Å². The highest BCUT2D eigenvalue weighted by Crippen LogP contribution is 2.47. The Balaban J connectivity index is 1.26. The molecule has 0 aromatic heterocycles. The van der Waals surface area contributed by atoms with Gasteiger partial charge in [-0.25, -0.2) is 13.2 Å². The molecule has 0 N–H and O–H groups in total. The molecule has 11 rings (SSSR count). The first-order valence-electron chi connectivity index (χ1n) is 19.8. The summed E-state index contributed by atoms with van der Waals surface area (Å²) in [6, 6.07) is 43.6. The van der Waals surface area contributed by atoms with Gasteiger partial charge in [-0.2, -0.15) is 0 Å². The van der Waals surface area contributed by atoms with Gasteiger partial charge < -0.3 is 9.29 Å². The van der Waals surface area contributed by atoms with E-state index in [2.05, 4.69) is 127 Å². The molecular weight excluding hydrogens is 749 g/mol. The zero-order valence-electron chi connectivity index (χ0n) is 31.8. The van der Waals surface area contributed by atoms with E-state index in [1.807, 2.05) is 12.1 Å². The van der Waals surface area contributed by atoms with E-state index in [0.717, 1.165) is 84.3 Å². The highest BCUT2D eigenvalue weighted by molar-refractivity contribution is 7.85. The minimum absolute atomic E-state index is 0.0821. The van der Waals surface area contributed by atoms with E-state index in [9.17, 15) is 13.0 Å². The van der Waals surface area contributed by atoms with Crippen LogP contribution < -0.4 is 0 Å². The second-order valence-corrected chi connectivity index (χ2v) is 16.9. The number of benzene rings is 8. The first kappa shape index (κ1) is 35.3.